The fourth-order valence-corrected chi connectivity index (χ4v) is 0.960. The number of hydrogen-bond acceptors (Lipinski definition) is 2. The lowest BCUT2D eigenvalue weighted by Gasteiger charge is -2.06. The smallest absolute Gasteiger partial charge is 0.255 e. The highest BCUT2D eigenvalue weighted by Crippen LogP contribution is 2.08. The van der Waals surface area contributed by atoms with E-state index in [2.05, 4.69) is 5.32 Å². The lowest BCUT2D eigenvalue weighted by molar-refractivity contribution is 0.0941. The highest BCUT2D eigenvalue weighted by Gasteiger charge is 2.11. The van der Waals surface area contributed by atoms with E-state index < -0.39 is 0 Å². The fraction of sp³-hybridized carbons (Fsp3) is 0.545. The van der Waals surface area contributed by atoms with Crippen LogP contribution in [0.4, 0.5) is 0 Å². The highest BCUT2D eigenvalue weighted by molar-refractivity contribution is 5.95. The summed E-state index contributed by atoms with van der Waals surface area (Å²) < 4.78 is 5.01. The molecule has 1 N–H and O–H groups in total. The molecule has 0 saturated heterocycles. The first-order valence-corrected chi connectivity index (χ1v) is 4.96. The molecule has 3 heteroatoms. The van der Waals surface area contributed by atoms with Gasteiger partial charge in [0.05, 0.1) is 11.8 Å². The molecule has 0 aliphatic heterocycles. The first-order valence-electron chi connectivity index (χ1n) is 4.96. The molecule has 0 unspecified atom stereocenters. The van der Waals surface area contributed by atoms with Gasteiger partial charge < -0.3 is 9.73 Å². The van der Waals surface area contributed by atoms with Crippen molar-refractivity contribution in [2.45, 2.75) is 40.7 Å². The zero-order chi connectivity index (χ0) is 11.1. The minimum Gasteiger partial charge on any atom is -0.469 e. The molecule has 0 saturated carbocycles. The van der Waals surface area contributed by atoms with Crippen molar-refractivity contribution in [3.63, 3.8) is 0 Å². The number of nitrogens with one attached hydrogen (secondary N) is 1. The van der Waals surface area contributed by atoms with Crippen molar-refractivity contribution in [1.82, 2.24) is 5.32 Å². The standard InChI is InChI=1S/C9H13NO2.C2H6/c1-6(2)10-9(11)8-4-5-12-7(8)3;1-2/h4-6H,1-3H3,(H,10,11);1-2H3. The van der Waals surface area contributed by atoms with Crippen LogP contribution in [0.2, 0.25) is 0 Å². The lowest BCUT2D eigenvalue weighted by atomic mass is 10.2. The van der Waals surface area contributed by atoms with Crippen molar-refractivity contribution >= 4 is 5.91 Å². The van der Waals surface area contributed by atoms with Crippen LogP contribution >= 0.6 is 0 Å². The Hall–Kier alpha value is -1.25. The molecule has 0 fully saturated rings. The Morgan fingerprint density at radius 1 is 1.43 bits per heavy atom. The maximum absolute atomic E-state index is 11.4. The Morgan fingerprint density at radius 2 is 2.00 bits per heavy atom. The summed E-state index contributed by atoms with van der Waals surface area (Å²) >= 11 is 0. The van der Waals surface area contributed by atoms with E-state index >= 15 is 0 Å². The van der Waals surface area contributed by atoms with Crippen LogP contribution in [-0.4, -0.2) is 11.9 Å². The van der Waals surface area contributed by atoms with Gasteiger partial charge in [-0.05, 0) is 26.8 Å². The topological polar surface area (TPSA) is 42.2 Å². The van der Waals surface area contributed by atoms with E-state index in [0.29, 0.717) is 11.3 Å². The van der Waals surface area contributed by atoms with Crippen LogP contribution in [0, 0.1) is 6.92 Å². The molecule has 14 heavy (non-hydrogen) atoms. The number of carbonyl (C=O) groups is 1. The summed E-state index contributed by atoms with van der Waals surface area (Å²) in [6.45, 7) is 9.62. The van der Waals surface area contributed by atoms with Crippen molar-refractivity contribution in [2.75, 3.05) is 0 Å². The molecule has 1 aromatic heterocycles. The molecule has 0 aliphatic rings. The van der Waals surface area contributed by atoms with Gasteiger partial charge in [0.15, 0.2) is 0 Å². The summed E-state index contributed by atoms with van der Waals surface area (Å²) in [4.78, 5) is 11.4. The third-order valence-electron chi connectivity index (χ3n) is 1.52. The minimum absolute atomic E-state index is 0.0729. The third kappa shape index (κ3) is 3.64. The monoisotopic (exact) mass is 197 g/mol. The molecule has 1 amide bonds. The van der Waals surface area contributed by atoms with Crippen molar-refractivity contribution in [2.24, 2.45) is 0 Å². The Labute approximate surface area is 85.5 Å². The fourth-order valence-electron chi connectivity index (χ4n) is 0.960. The molecule has 0 atom stereocenters. The lowest BCUT2D eigenvalue weighted by Crippen LogP contribution is -2.30. The van der Waals surface area contributed by atoms with Crippen LogP contribution in [0.25, 0.3) is 0 Å². The molecule has 0 spiro atoms. The van der Waals surface area contributed by atoms with Crippen LogP contribution in [-0.2, 0) is 0 Å². The molecular weight excluding hydrogens is 178 g/mol. The van der Waals surface area contributed by atoms with E-state index in [1.807, 2.05) is 27.7 Å². The second-order valence-electron chi connectivity index (χ2n) is 3.02. The Bertz CT molecular complexity index is 277. The number of furan rings is 1. The van der Waals surface area contributed by atoms with E-state index in [1.165, 1.54) is 6.26 Å². The van der Waals surface area contributed by atoms with Crippen LogP contribution < -0.4 is 5.32 Å². The van der Waals surface area contributed by atoms with Gasteiger partial charge in [-0.2, -0.15) is 0 Å². The molecular formula is C11H19NO2. The van der Waals surface area contributed by atoms with Crippen LogP contribution in [0.3, 0.4) is 0 Å². The van der Waals surface area contributed by atoms with E-state index in [0.717, 1.165) is 0 Å². The second kappa shape index (κ2) is 6.24. The molecule has 0 radical (unpaired) electrons. The number of rotatable bonds is 2. The molecule has 80 valence electrons. The average molecular weight is 197 g/mol. The van der Waals surface area contributed by atoms with E-state index in [4.69, 9.17) is 4.42 Å². The molecule has 0 aliphatic carbocycles. The summed E-state index contributed by atoms with van der Waals surface area (Å²) in [5.41, 5.74) is 0.615. The quantitative estimate of drug-likeness (QED) is 0.792. The normalized spacial score (nSPS) is 9.29. The van der Waals surface area contributed by atoms with Crippen LogP contribution in [0.1, 0.15) is 43.8 Å². The molecule has 3 nitrogen and oxygen atoms in total. The summed E-state index contributed by atoms with van der Waals surface area (Å²) in [6, 6.07) is 1.83. The van der Waals surface area contributed by atoms with Gasteiger partial charge in [-0.1, -0.05) is 13.8 Å². The summed E-state index contributed by atoms with van der Waals surface area (Å²) in [6.07, 6.45) is 1.52. The third-order valence-corrected chi connectivity index (χ3v) is 1.52. The zero-order valence-corrected chi connectivity index (χ0v) is 9.55. The zero-order valence-electron chi connectivity index (χ0n) is 9.55. The van der Waals surface area contributed by atoms with Gasteiger partial charge >= 0.3 is 0 Å². The van der Waals surface area contributed by atoms with E-state index in [9.17, 15) is 4.79 Å². The van der Waals surface area contributed by atoms with Gasteiger partial charge in [-0.15, -0.1) is 0 Å². The molecule has 0 aromatic carbocycles. The SMILES string of the molecule is CC.Cc1occc1C(=O)NC(C)C. The van der Waals surface area contributed by atoms with Gasteiger partial charge in [0, 0.05) is 6.04 Å². The number of hydrogen-bond donors (Lipinski definition) is 1. The molecule has 1 aromatic rings. The molecule has 1 rings (SSSR count). The molecule has 0 bridgehead atoms. The summed E-state index contributed by atoms with van der Waals surface area (Å²) in [7, 11) is 0. The highest BCUT2D eigenvalue weighted by atomic mass is 16.3. The second-order valence-corrected chi connectivity index (χ2v) is 3.02. The average Bonchev–Trinajstić information content (AvgIpc) is 2.54. The molecule has 1 heterocycles. The van der Waals surface area contributed by atoms with E-state index in [-0.39, 0.29) is 11.9 Å². The number of amides is 1. The van der Waals surface area contributed by atoms with Gasteiger partial charge in [0.25, 0.3) is 5.91 Å². The predicted octanol–water partition coefficient (Wildman–Crippen LogP) is 2.75. The Kier molecular flexibility index (Phi) is 5.68. The summed E-state index contributed by atoms with van der Waals surface area (Å²) in [5, 5.41) is 2.79. The van der Waals surface area contributed by atoms with Gasteiger partial charge in [0.1, 0.15) is 5.76 Å². The summed E-state index contributed by atoms with van der Waals surface area (Å²) in [5.74, 6) is 0.587. The van der Waals surface area contributed by atoms with E-state index in [1.54, 1.807) is 13.0 Å². The maximum atomic E-state index is 11.4. The minimum atomic E-state index is -0.0729. The van der Waals surface area contributed by atoms with Gasteiger partial charge in [-0.25, -0.2) is 0 Å². The van der Waals surface area contributed by atoms with Crippen LogP contribution in [0.15, 0.2) is 16.7 Å². The first-order chi connectivity index (χ1) is 6.61. The number of carbonyl (C=O) groups excluding carboxylic acids is 1. The Morgan fingerprint density at radius 3 is 2.36 bits per heavy atom. The predicted molar refractivity (Wildman–Crippen MR) is 57.4 cm³/mol. The van der Waals surface area contributed by atoms with Gasteiger partial charge in [-0.3, -0.25) is 4.79 Å². The largest absolute Gasteiger partial charge is 0.469 e. The van der Waals surface area contributed by atoms with Crippen LogP contribution in [0.5, 0.6) is 0 Å². The number of aryl methyl sites for hydroxylation is 1. The first kappa shape index (κ1) is 12.8. The maximum Gasteiger partial charge on any atom is 0.255 e. The van der Waals surface area contributed by atoms with Crippen molar-refractivity contribution in [3.8, 4) is 0 Å². The van der Waals surface area contributed by atoms with Crippen molar-refractivity contribution in [3.05, 3.63) is 23.7 Å². The Balaban J connectivity index is 0.000000791. The van der Waals surface area contributed by atoms with Crippen molar-refractivity contribution < 1.29 is 9.21 Å². The van der Waals surface area contributed by atoms with Crippen molar-refractivity contribution in [1.29, 1.82) is 0 Å². The van der Waals surface area contributed by atoms with Gasteiger partial charge in [0.2, 0.25) is 0 Å².